The Balaban J connectivity index is 2.65. The molecule has 5 nitrogen and oxygen atoms in total. The number of nitrogens with zero attached hydrogens (tertiary/aromatic N) is 1. The van der Waals surface area contributed by atoms with Gasteiger partial charge in [0.2, 0.25) is 0 Å². The first-order valence-electron chi connectivity index (χ1n) is 6.26. The van der Waals surface area contributed by atoms with E-state index in [9.17, 15) is 4.79 Å². The highest BCUT2D eigenvalue weighted by Crippen LogP contribution is 2.12. The summed E-state index contributed by atoms with van der Waals surface area (Å²) in [6.45, 7) is 0.413. The van der Waals surface area contributed by atoms with E-state index in [0.717, 1.165) is 5.69 Å². The van der Waals surface area contributed by atoms with Gasteiger partial charge >= 0.3 is 0 Å². The normalized spacial score (nSPS) is 12.0. The molecule has 1 aromatic rings. The maximum Gasteiger partial charge on any atom is 0.251 e. The maximum atomic E-state index is 12.0. The van der Waals surface area contributed by atoms with Gasteiger partial charge in [-0.15, -0.1) is 0 Å². The molecule has 106 valence electrons. The molecule has 0 saturated carbocycles. The zero-order valence-electron chi connectivity index (χ0n) is 11.7. The molecule has 0 heterocycles. The highest BCUT2D eigenvalue weighted by Gasteiger charge is 2.13. The summed E-state index contributed by atoms with van der Waals surface area (Å²) in [5.74, 6) is -0.152. The Morgan fingerprint density at radius 3 is 2.47 bits per heavy atom. The first-order chi connectivity index (χ1) is 9.08. The molecular formula is C14H22N2O3. The first-order valence-corrected chi connectivity index (χ1v) is 6.26. The highest BCUT2D eigenvalue weighted by atomic mass is 16.5. The zero-order chi connectivity index (χ0) is 14.3. The average molecular weight is 266 g/mol. The van der Waals surface area contributed by atoms with Crippen molar-refractivity contribution in [2.24, 2.45) is 0 Å². The smallest absolute Gasteiger partial charge is 0.251 e. The van der Waals surface area contributed by atoms with Gasteiger partial charge < -0.3 is 20.1 Å². The predicted octanol–water partition coefficient (Wildman–Crippen LogP) is 0.880. The molecule has 1 amide bonds. The number of anilines is 1. The van der Waals surface area contributed by atoms with Gasteiger partial charge in [-0.2, -0.15) is 0 Å². The summed E-state index contributed by atoms with van der Waals surface area (Å²) in [5, 5.41) is 11.8. The van der Waals surface area contributed by atoms with Gasteiger partial charge in [-0.05, 0) is 30.7 Å². The molecule has 1 unspecified atom stereocenters. The van der Waals surface area contributed by atoms with Gasteiger partial charge in [0, 0.05) is 39.1 Å². The van der Waals surface area contributed by atoms with Crippen molar-refractivity contribution in [3.8, 4) is 0 Å². The fourth-order valence-corrected chi connectivity index (χ4v) is 1.73. The van der Waals surface area contributed by atoms with Crippen molar-refractivity contribution >= 4 is 11.6 Å². The molecule has 1 atom stereocenters. The number of hydrogen-bond acceptors (Lipinski definition) is 4. The molecule has 5 heteroatoms. The van der Waals surface area contributed by atoms with Gasteiger partial charge in [-0.3, -0.25) is 4.79 Å². The van der Waals surface area contributed by atoms with Crippen LogP contribution in [0.2, 0.25) is 0 Å². The Labute approximate surface area is 114 Å². The van der Waals surface area contributed by atoms with E-state index in [1.165, 1.54) is 0 Å². The summed E-state index contributed by atoms with van der Waals surface area (Å²) in [7, 11) is 5.47. The number of carbonyl (C=O) groups is 1. The van der Waals surface area contributed by atoms with E-state index in [1.807, 2.05) is 31.1 Å². The van der Waals surface area contributed by atoms with E-state index in [2.05, 4.69) is 5.32 Å². The minimum absolute atomic E-state index is 0.0217. The lowest BCUT2D eigenvalue weighted by Crippen LogP contribution is -2.38. The van der Waals surface area contributed by atoms with Crippen LogP contribution in [0.3, 0.4) is 0 Å². The molecule has 0 aliphatic heterocycles. The average Bonchev–Trinajstić information content (AvgIpc) is 2.39. The molecule has 0 aromatic heterocycles. The molecule has 0 saturated heterocycles. The van der Waals surface area contributed by atoms with Crippen molar-refractivity contribution in [3.05, 3.63) is 29.8 Å². The number of ether oxygens (including phenoxy) is 1. The monoisotopic (exact) mass is 266 g/mol. The molecular weight excluding hydrogens is 244 g/mol. The molecule has 0 spiro atoms. The van der Waals surface area contributed by atoms with Gasteiger partial charge in [-0.25, -0.2) is 0 Å². The van der Waals surface area contributed by atoms with Gasteiger partial charge in [0.25, 0.3) is 5.91 Å². The first kappa shape index (κ1) is 15.5. The van der Waals surface area contributed by atoms with E-state index in [1.54, 1.807) is 19.2 Å². The Morgan fingerprint density at radius 1 is 1.37 bits per heavy atom. The fourth-order valence-electron chi connectivity index (χ4n) is 1.73. The van der Waals surface area contributed by atoms with Crippen molar-refractivity contribution in [1.29, 1.82) is 0 Å². The van der Waals surface area contributed by atoms with Gasteiger partial charge in [0.05, 0.1) is 12.6 Å². The van der Waals surface area contributed by atoms with Gasteiger partial charge in [0.15, 0.2) is 0 Å². The van der Waals surface area contributed by atoms with Crippen LogP contribution in [0.1, 0.15) is 16.8 Å². The number of aliphatic hydroxyl groups is 1. The van der Waals surface area contributed by atoms with Gasteiger partial charge in [-0.1, -0.05) is 0 Å². The Morgan fingerprint density at radius 2 is 2.00 bits per heavy atom. The third-order valence-corrected chi connectivity index (χ3v) is 2.83. The van der Waals surface area contributed by atoms with Crippen molar-refractivity contribution in [3.63, 3.8) is 0 Å². The number of aliphatic hydroxyl groups excluding tert-OH is 1. The van der Waals surface area contributed by atoms with E-state index >= 15 is 0 Å². The van der Waals surface area contributed by atoms with Crippen LogP contribution in [-0.2, 0) is 4.74 Å². The maximum absolute atomic E-state index is 12.0. The summed E-state index contributed by atoms with van der Waals surface area (Å²) in [6.07, 6.45) is 0.482. The van der Waals surface area contributed by atoms with Crippen LogP contribution in [0.15, 0.2) is 24.3 Å². The second kappa shape index (κ2) is 7.76. The van der Waals surface area contributed by atoms with Crippen LogP contribution in [0.5, 0.6) is 0 Å². The largest absolute Gasteiger partial charge is 0.396 e. The minimum atomic E-state index is -0.170. The summed E-state index contributed by atoms with van der Waals surface area (Å²) >= 11 is 0. The summed E-state index contributed by atoms with van der Waals surface area (Å²) in [5.41, 5.74) is 1.64. The SMILES string of the molecule is COCC(CCO)NC(=O)c1ccc(N(C)C)cc1. The van der Waals surface area contributed by atoms with E-state index in [-0.39, 0.29) is 18.6 Å². The Bertz CT molecular complexity index is 384. The fraction of sp³-hybridized carbons (Fsp3) is 0.500. The summed E-state index contributed by atoms with van der Waals surface area (Å²) < 4.78 is 5.01. The standard InChI is InChI=1S/C14H22N2O3/c1-16(2)13-6-4-11(5-7-13)14(18)15-12(8-9-17)10-19-3/h4-7,12,17H,8-10H2,1-3H3,(H,15,18). The van der Waals surface area contributed by atoms with E-state index in [4.69, 9.17) is 9.84 Å². The number of methoxy groups -OCH3 is 1. The predicted molar refractivity (Wildman–Crippen MR) is 75.6 cm³/mol. The van der Waals surface area contributed by atoms with Crippen molar-refractivity contribution in [2.45, 2.75) is 12.5 Å². The van der Waals surface area contributed by atoms with Crippen LogP contribution < -0.4 is 10.2 Å². The van der Waals surface area contributed by atoms with Crippen LogP contribution in [0, 0.1) is 0 Å². The van der Waals surface area contributed by atoms with Crippen molar-refractivity contribution in [1.82, 2.24) is 5.32 Å². The minimum Gasteiger partial charge on any atom is -0.396 e. The number of nitrogens with one attached hydrogen (secondary N) is 1. The van der Waals surface area contributed by atoms with Crippen LogP contribution in [0.4, 0.5) is 5.69 Å². The zero-order valence-corrected chi connectivity index (χ0v) is 11.7. The lowest BCUT2D eigenvalue weighted by atomic mass is 10.1. The second-order valence-electron chi connectivity index (χ2n) is 4.58. The lowest BCUT2D eigenvalue weighted by Gasteiger charge is -2.17. The number of hydrogen-bond donors (Lipinski definition) is 2. The molecule has 0 bridgehead atoms. The number of amides is 1. The molecule has 2 N–H and O–H groups in total. The number of rotatable bonds is 7. The van der Waals surface area contributed by atoms with E-state index in [0.29, 0.717) is 18.6 Å². The molecule has 19 heavy (non-hydrogen) atoms. The van der Waals surface area contributed by atoms with Crippen molar-refractivity contribution in [2.75, 3.05) is 39.3 Å². The quantitative estimate of drug-likeness (QED) is 0.769. The molecule has 0 radical (unpaired) electrons. The van der Waals surface area contributed by atoms with Crippen LogP contribution >= 0.6 is 0 Å². The number of benzene rings is 1. The Kier molecular flexibility index (Phi) is 6.32. The summed E-state index contributed by atoms with van der Waals surface area (Å²) in [6, 6.07) is 7.19. The molecule has 1 rings (SSSR count). The third kappa shape index (κ3) is 4.89. The van der Waals surface area contributed by atoms with Crippen LogP contribution in [-0.4, -0.2) is 51.5 Å². The molecule has 0 fully saturated rings. The lowest BCUT2D eigenvalue weighted by molar-refractivity contribution is 0.0878. The summed E-state index contributed by atoms with van der Waals surface area (Å²) in [4.78, 5) is 14.0. The number of carbonyl (C=O) groups excluding carboxylic acids is 1. The van der Waals surface area contributed by atoms with E-state index < -0.39 is 0 Å². The molecule has 0 aliphatic rings. The van der Waals surface area contributed by atoms with Gasteiger partial charge in [0.1, 0.15) is 0 Å². The van der Waals surface area contributed by atoms with Crippen LogP contribution in [0.25, 0.3) is 0 Å². The Hall–Kier alpha value is -1.59. The molecule has 0 aliphatic carbocycles. The topological polar surface area (TPSA) is 61.8 Å². The molecule has 1 aromatic carbocycles. The third-order valence-electron chi connectivity index (χ3n) is 2.83. The van der Waals surface area contributed by atoms with Crippen molar-refractivity contribution < 1.29 is 14.6 Å². The highest BCUT2D eigenvalue weighted by molar-refractivity contribution is 5.94. The second-order valence-corrected chi connectivity index (χ2v) is 4.58.